The molecule has 1 amide bonds. The Morgan fingerprint density at radius 1 is 1.03 bits per heavy atom. The van der Waals surface area contributed by atoms with Gasteiger partial charge in [0.25, 0.3) is 0 Å². The molecule has 0 radical (unpaired) electrons. The van der Waals surface area contributed by atoms with E-state index in [-0.39, 0.29) is 12.0 Å². The van der Waals surface area contributed by atoms with Crippen molar-refractivity contribution in [3.63, 3.8) is 0 Å². The second kappa shape index (κ2) is 9.29. The molecule has 1 saturated heterocycles. The molecule has 2 aliphatic heterocycles. The van der Waals surface area contributed by atoms with Crippen LogP contribution in [0.25, 0.3) is 10.8 Å². The van der Waals surface area contributed by atoms with Crippen LogP contribution in [0.4, 0.5) is 5.69 Å². The minimum Gasteiger partial charge on any atom is -0.373 e. The van der Waals surface area contributed by atoms with Gasteiger partial charge in [0.15, 0.2) is 0 Å². The lowest BCUT2D eigenvalue weighted by Crippen LogP contribution is -2.53. The molecule has 2 atom stereocenters. The molecule has 0 spiro atoms. The number of piperazine rings is 1. The monoisotopic (exact) mass is 469 g/mol. The Hall–Kier alpha value is -2.89. The lowest BCUT2D eigenvalue weighted by atomic mass is 9.93. The first kappa shape index (κ1) is 22.6. The number of ether oxygens (including phenoxy) is 1. The molecule has 5 heteroatoms. The Morgan fingerprint density at radius 2 is 1.89 bits per heavy atom. The first-order chi connectivity index (χ1) is 17.1. The number of carbonyl (C=O) groups is 1. The third kappa shape index (κ3) is 4.11. The van der Waals surface area contributed by atoms with Gasteiger partial charge < -0.3 is 15.4 Å². The van der Waals surface area contributed by atoms with E-state index >= 15 is 0 Å². The zero-order valence-electron chi connectivity index (χ0n) is 20.6. The van der Waals surface area contributed by atoms with Gasteiger partial charge >= 0.3 is 0 Å². The highest BCUT2D eigenvalue weighted by molar-refractivity contribution is 5.99. The molecule has 0 unspecified atom stereocenters. The van der Waals surface area contributed by atoms with Crippen molar-refractivity contribution in [3.8, 4) is 0 Å². The van der Waals surface area contributed by atoms with Crippen molar-refractivity contribution in [2.75, 3.05) is 37.7 Å². The fourth-order valence-corrected chi connectivity index (χ4v) is 6.51. The van der Waals surface area contributed by atoms with E-state index in [1.807, 2.05) is 18.2 Å². The Balaban J connectivity index is 1.15. The summed E-state index contributed by atoms with van der Waals surface area (Å²) in [7, 11) is 0. The molecular weight excluding hydrogens is 434 g/mol. The van der Waals surface area contributed by atoms with Crippen LogP contribution < -0.4 is 10.6 Å². The summed E-state index contributed by atoms with van der Waals surface area (Å²) in [6.07, 6.45) is 5.41. The van der Waals surface area contributed by atoms with E-state index < -0.39 is 0 Å². The molecule has 182 valence electrons. The van der Waals surface area contributed by atoms with Gasteiger partial charge in [-0.15, -0.1) is 0 Å². The lowest BCUT2D eigenvalue weighted by molar-refractivity contribution is 0.0244. The predicted octanol–water partition coefficient (Wildman–Crippen LogP) is 4.64. The van der Waals surface area contributed by atoms with Crippen LogP contribution in [0, 0.1) is 0 Å². The summed E-state index contributed by atoms with van der Waals surface area (Å²) < 4.78 is 6.18. The molecule has 2 heterocycles. The van der Waals surface area contributed by atoms with Gasteiger partial charge in [-0.1, -0.05) is 37.3 Å². The maximum atomic E-state index is 11.6. The summed E-state index contributed by atoms with van der Waals surface area (Å²) >= 11 is 0. The van der Waals surface area contributed by atoms with E-state index in [1.165, 1.54) is 51.6 Å². The first-order valence-corrected chi connectivity index (χ1v) is 13.2. The number of nitrogens with zero attached hydrogens (tertiary/aromatic N) is 2. The van der Waals surface area contributed by atoms with E-state index in [9.17, 15) is 4.79 Å². The maximum absolute atomic E-state index is 11.6. The van der Waals surface area contributed by atoms with Crippen LogP contribution in [0.3, 0.4) is 0 Å². The molecule has 1 aliphatic carbocycles. The van der Waals surface area contributed by atoms with Crippen molar-refractivity contribution in [2.45, 2.75) is 51.2 Å². The summed E-state index contributed by atoms with van der Waals surface area (Å²) in [6.45, 7) is 7.24. The van der Waals surface area contributed by atoms with Gasteiger partial charge in [0.1, 0.15) is 0 Å². The number of amides is 1. The molecule has 0 bridgehead atoms. The minimum atomic E-state index is -0.361. The first-order valence-electron chi connectivity index (χ1n) is 13.2. The molecule has 0 saturated carbocycles. The number of primary amides is 1. The highest BCUT2D eigenvalue weighted by Gasteiger charge is 2.29. The van der Waals surface area contributed by atoms with Crippen LogP contribution in [-0.2, 0) is 24.0 Å². The van der Waals surface area contributed by atoms with E-state index in [2.05, 4.69) is 47.1 Å². The number of aryl methyl sites for hydroxylation is 2. The van der Waals surface area contributed by atoms with Crippen LogP contribution in [0.5, 0.6) is 0 Å². The van der Waals surface area contributed by atoms with Crippen LogP contribution in [-0.4, -0.2) is 49.6 Å². The number of anilines is 1. The fourth-order valence-electron chi connectivity index (χ4n) is 6.51. The van der Waals surface area contributed by atoms with Gasteiger partial charge in [0.2, 0.25) is 5.91 Å². The summed E-state index contributed by atoms with van der Waals surface area (Å²) in [5.74, 6) is -0.361. The number of rotatable bonds is 6. The quantitative estimate of drug-likeness (QED) is 0.571. The molecule has 3 aromatic carbocycles. The van der Waals surface area contributed by atoms with Gasteiger partial charge in [-0.3, -0.25) is 9.69 Å². The molecule has 2 N–H and O–H groups in total. The van der Waals surface area contributed by atoms with Crippen LogP contribution in [0.15, 0.2) is 48.5 Å². The number of nitrogens with two attached hydrogens (primary N) is 1. The van der Waals surface area contributed by atoms with Crippen molar-refractivity contribution in [3.05, 3.63) is 76.3 Å². The summed E-state index contributed by atoms with van der Waals surface area (Å²) in [4.78, 5) is 16.9. The number of benzene rings is 3. The normalized spacial score (nSPS) is 21.9. The third-order valence-electron chi connectivity index (χ3n) is 8.41. The molecule has 35 heavy (non-hydrogen) atoms. The van der Waals surface area contributed by atoms with Crippen molar-refractivity contribution in [1.82, 2.24) is 4.90 Å². The summed E-state index contributed by atoms with van der Waals surface area (Å²) in [5, 5.41) is 2.94. The largest absolute Gasteiger partial charge is 0.373 e. The predicted molar refractivity (Wildman–Crippen MR) is 141 cm³/mol. The number of fused-ring (bicyclic) bond motifs is 1. The van der Waals surface area contributed by atoms with Gasteiger partial charge in [-0.05, 0) is 77.9 Å². The average molecular weight is 470 g/mol. The van der Waals surface area contributed by atoms with E-state index in [1.54, 1.807) is 0 Å². The minimum absolute atomic E-state index is 0.0905. The van der Waals surface area contributed by atoms with Gasteiger partial charge in [0, 0.05) is 48.9 Å². The van der Waals surface area contributed by atoms with Crippen LogP contribution in [0.1, 0.15) is 58.5 Å². The van der Waals surface area contributed by atoms with Crippen LogP contribution >= 0.6 is 0 Å². The van der Waals surface area contributed by atoms with E-state index in [0.29, 0.717) is 18.2 Å². The smallest absolute Gasteiger partial charge is 0.248 e. The zero-order chi connectivity index (χ0) is 23.9. The second-order valence-corrected chi connectivity index (χ2v) is 10.3. The number of hydrogen-bond acceptors (Lipinski definition) is 4. The molecule has 6 rings (SSSR count). The van der Waals surface area contributed by atoms with Gasteiger partial charge in [0.05, 0.1) is 12.7 Å². The van der Waals surface area contributed by atoms with Crippen molar-refractivity contribution >= 4 is 22.4 Å². The van der Waals surface area contributed by atoms with E-state index in [4.69, 9.17) is 10.5 Å². The van der Waals surface area contributed by atoms with Gasteiger partial charge in [-0.2, -0.15) is 0 Å². The second-order valence-electron chi connectivity index (χ2n) is 10.3. The standard InChI is InChI=1S/C30H35N3O2/c1-2-24-19-33(27-11-9-21-7-6-20-4-3-5-26(27)29(20)21)16-15-32(24)14-12-28-25-10-8-23(30(31)34)18-22(25)13-17-35-28/h3-5,8-11,18,24,28H,2,6-7,12-17,19H2,1H3,(H2,31,34)/t24-,28-/m0/s1. The molecular formula is C30H35N3O2. The Bertz CT molecular complexity index is 1260. The van der Waals surface area contributed by atoms with Gasteiger partial charge in [-0.25, -0.2) is 0 Å². The maximum Gasteiger partial charge on any atom is 0.248 e. The Morgan fingerprint density at radius 3 is 2.71 bits per heavy atom. The Labute approximate surface area is 207 Å². The molecule has 3 aromatic rings. The fraction of sp³-hybridized carbons (Fsp3) is 0.433. The molecule has 5 nitrogen and oxygen atoms in total. The highest BCUT2D eigenvalue weighted by atomic mass is 16.5. The summed E-state index contributed by atoms with van der Waals surface area (Å²) in [6, 6.07) is 18.0. The molecule has 0 aromatic heterocycles. The van der Waals surface area contributed by atoms with Crippen molar-refractivity contribution < 1.29 is 9.53 Å². The summed E-state index contributed by atoms with van der Waals surface area (Å²) in [5.41, 5.74) is 12.9. The topological polar surface area (TPSA) is 58.8 Å². The van der Waals surface area contributed by atoms with Crippen LogP contribution in [0.2, 0.25) is 0 Å². The third-order valence-corrected chi connectivity index (χ3v) is 8.41. The average Bonchev–Trinajstić information content (AvgIpc) is 3.32. The van der Waals surface area contributed by atoms with Crippen molar-refractivity contribution in [1.29, 1.82) is 0 Å². The number of hydrogen-bond donors (Lipinski definition) is 1. The molecule has 1 fully saturated rings. The van der Waals surface area contributed by atoms with Crippen molar-refractivity contribution in [2.24, 2.45) is 5.73 Å². The zero-order valence-corrected chi connectivity index (χ0v) is 20.6. The molecule has 3 aliphatic rings. The SMILES string of the molecule is CC[C@H]1CN(c2ccc3c4c(cccc24)CC3)CCN1CC[C@@H]1OCCc2cc(C(N)=O)ccc21. The lowest BCUT2D eigenvalue weighted by Gasteiger charge is -2.43. The number of carbonyl (C=O) groups excluding carboxylic acids is 1. The van der Waals surface area contributed by atoms with E-state index in [0.717, 1.165) is 45.4 Å². The Kier molecular flexibility index (Phi) is 5.99. The highest BCUT2D eigenvalue weighted by Crippen LogP contribution is 2.38.